The standard InChI is InChI=1S/C22H27N3O4/c1-22(2,3)24-18(26)12-25(4)19(27)13-29-21(28)20-14-8-5-6-10-16(14)23-17-11-7-9-15(17)20/h5-6,8,10H,7,9,11-13H2,1-4H3,(H,24,26). The molecule has 2 aromatic rings. The van der Waals surface area contributed by atoms with E-state index in [0.29, 0.717) is 5.56 Å². The number of rotatable bonds is 5. The van der Waals surface area contributed by atoms with E-state index in [1.807, 2.05) is 45.0 Å². The second-order valence-electron chi connectivity index (χ2n) is 8.41. The van der Waals surface area contributed by atoms with Gasteiger partial charge < -0.3 is 15.0 Å². The number of carbonyl (C=O) groups is 3. The molecule has 3 rings (SSSR count). The highest BCUT2D eigenvalue weighted by Gasteiger charge is 2.26. The van der Waals surface area contributed by atoms with Crippen LogP contribution in [-0.4, -0.2) is 53.4 Å². The van der Waals surface area contributed by atoms with Crippen molar-refractivity contribution in [1.82, 2.24) is 15.2 Å². The number of nitrogens with zero attached hydrogens (tertiary/aromatic N) is 2. The minimum Gasteiger partial charge on any atom is -0.452 e. The highest BCUT2D eigenvalue weighted by molar-refractivity contribution is 6.05. The molecule has 29 heavy (non-hydrogen) atoms. The van der Waals surface area contributed by atoms with Gasteiger partial charge >= 0.3 is 5.97 Å². The number of pyridine rings is 1. The summed E-state index contributed by atoms with van der Waals surface area (Å²) in [6, 6.07) is 7.46. The molecule has 1 aromatic heterocycles. The summed E-state index contributed by atoms with van der Waals surface area (Å²) in [6.07, 6.45) is 2.56. The highest BCUT2D eigenvalue weighted by atomic mass is 16.5. The Labute approximate surface area is 170 Å². The quantitative estimate of drug-likeness (QED) is 0.782. The summed E-state index contributed by atoms with van der Waals surface area (Å²) in [7, 11) is 1.51. The summed E-state index contributed by atoms with van der Waals surface area (Å²) in [5, 5.41) is 3.54. The van der Waals surface area contributed by atoms with Crippen LogP contribution in [-0.2, 0) is 27.2 Å². The van der Waals surface area contributed by atoms with Crippen molar-refractivity contribution < 1.29 is 19.1 Å². The SMILES string of the molecule is CN(CC(=O)NC(C)(C)C)C(=O)COC(=O)c1c2c(nc3ccccc13)CCC2. The van der Waals surface area contributed by atoms with Gasteiger partial charge in [-0.25, -0.2) is 4.79 Å². The molecule has 154 valence electrons. The molecule has 7 heteroatoms. The number of esters is 1. The fourth-order valence-corrected chi connectivity index (χ4v) is 3.52. The average molecular weight is 397 g/mol. The Hall–Kier alpha value is -2.96. The van der Waals surface area contributed by atoms with Gasteiger partial charge in [0.2, 0.25) is 5.91 Å². The van der Waals surface area contributed by atoms with Crippen molar-refractivity contribution in [2.45, 2.75) is 45.6 Å². The van der Waals surface area contributed by atoms with Crippen molar-refractivity contribution >= 4 is 28.7 Å². The molecule has 0 bridgehead atoms. The lowest BCUT2D eigenvalue weighted by Crippen LogP contribution is -2.46. The predicted molar refractivity (Wildman–Crippen MR) is 110 cm³/mol. The molecule has 1 aromatic carbocycles. The maximum atomic E-state index is 12.9. The first kappa shape index (κ1) is 20.8. The van der Waals surface area contributed by atoms with E-state index >= 15 is 0 Å². The lowest BCUT2D eigenvalue weighted by Gasteiger charge is -2.23. The van der Waals surface area contributed by atoms with Gasteiger partial charge in [0, 0.05) is 23.7 Å². The third-order valence-corrected chi connectivity index (χ3v) is 4.77. The molecule has 2 amide bonds. The Kier molecular flexibility index (Phi) is 5.86. The van der Waals surface area contributed by atoms with E-state index in [2.05, 4.69) is 10.3 Å². The van der Waals surface area contributed by atoms with Gasteiger partial charge in [-0.3, -0.25) is 14.6 Å². The van der Waals surface area contributed by atoms with E-state index in [0.717, 1.165) is 41.4 Å². The number of hydrogen-bond donors (Lipinski definition) is 1. The summed E-state index contributed by atoms with van der Waals surface area (Å²) < 4.78 is 5.34. The molecular formula is C22H27N3O4. The molecule has 0 atom stereocenters. The molecule has 1 heterocycles. The number of likely N-dealkylation sites (N-methyl/N-ethyl adjacent to an activating group) is 1. The van der Waals surface area contributed by atoms with Gasteiger partial charge in [-0.2, -0.15) is 0 Å². The summed E-state index contributed by atoms with van der Waals surface area (Å²) in [5.41, 5.74) is 2.72. The van der Waals surface area contributed by atoms with Crippen LogP contribution in [0.15, 0.2) is 24.3 Å². The Morgan fingerprint density at radius 1 is 1.17 bits per heavy atom. The normalized spacial score (nSPS) is 13.1. The lowest BCUT2D eigenvalue weighted by atomic mass is 10.0. The number of ether oxygens (including phenoxy) is 1. The second-order valence-corrected chi connectivity index (χ2v) is 8.41. The van der Waals surface area contributed by atoms with Gasteiger partial charge in [-0.1, -0.05) is 18.2 Å². The number of aryl methyl sites for hydroxylation is 1. The monoisotopic (exact) mass is 397 g/mol. The number of carbonyl (C=O) groups excluding carboxylic acids is 3. The first-order valence-electron chi connectivity index (χ1n) is 9.78. The number of fused-ring (bicyclic) bond motifs is 2. The molecule has 0 spiro atoms. The van der Waals surface area contributed by atoms with Gasteiger partial charge in [-0.05, 0) is 51.7 Å². The molecule has 7 nitrogen and oxygen atoms in total. The minimum atomic E-state index is -0.525. The van der Waals surface area contributed by atoms with E-state index in [1.54, 1.807) is 0 Å². The van der Waals surface area contributed by atoms with E-state index in [9.17, 15) is 14.4 Å². The van der Waals surface area contributed by atoms with Gasteiger partial charge in [-0.15, -0.1) is 0 Å². The molecular weight excluding hydrogens is 370 g/mol. The maximum absolute atomic E-state index is 12.9. The van der Waals surface area contributed by atoms with Crippen LogP contribution in [0.5, 0.6) is 0 Å². The van der Waals surface area contributed by atoms with Crippen molar-refractivity contribution in [3.63, 3.8) is 0 Å². The highest BCUT2D eigenvalue weighted by Crippen LogP contribution is 2.30. The van der Waals surface area contributed by atoms with Crippen LogP contribution < -0.4 is 5.32 Å². The fraction of sp³-hybridized carbons (Fsp3) is 0.455. The number of benzene rings is 1. The number of para-hydroxylation sites is 1. The third kappa shape index (κ3) is 4.91. The topological polar surface area (TPSA) is 88.6 Å². The Morgan fingerprint density at radius 3 is 2.62 bits per heavy atom. The molecule has 0 unspecified atom stereocenters. The molecule has 1 aliphatic rings. The van der Waals surface area contributed by atoms with Gasteiger partial charge in [0.1, 0.15) is 0 Å². The van der Waals surface area contributed by atoms with Crippen LogP contribution >= 0.6 is 0 Å². The zero-order valence-electron chi connectivity index (χ0n) is 17.4. The van der Waals surface area contributed by atoms with Crippen molar-refractivity contribution in [2.24, 2.45) is 0 Å². The Morgan fingerprint density at radius 2 is 1.90 bits per heavy atom. The number of hydrogen-bond acceptors (Lipinski definition) is 5. The Bertz CT molecular complexity index is 962. The molecule has 0 saturated carbocycles. The smallest absolute Gasteiger partial charge is 0.339 e. The Balaban J connectivity index is 1.69. The van der Waals surface area contributed by atoms with Crippen LogP contribution in [0, 0.1) is 0 Å². The first-order chi connectivity index (χ1) is 13.7. The number of aromatic nitrogens is 1. The molecule has 0 fully saturated rings. The summed E-state index contributed by atoms with van der Waals surface area (Å²) in [5.74, 6) is -1.22. The number of amides is 2. The fourth-order valence-electron chi connectivity index (χ4n) is 3.52. The summed E-state index contributed by atoms with van der Waals surface area (Å²) >= 11 is 0. The van der Waals surface area contributed by atoms with Crippen molar-refractivity contribution in [1.29, 1.82) is 0 Å². The van der Waals surface area contributed by atoms with Crippen molar-refractivity contribution in [3.8, 4) is 0 Å². The van der Waals surface area contributed by atoms with E-state index in [-0.39, 0.29) is 18.0 Å². The van der Waals surface area contributed by atoms with Crippen molar-refractivity contribution in [3.05, 3.63) is 41.1 Å². The van der Waals surface area contributed by atoms with Crippen LogP contribution in [0.25, 0.3) is 10.9 Å². The molecule has 1 N–H and O–H groups in total. The summed E-state index contributed by atoms with van der Waals surface area (Å²) in [4.78, 5) is 43.1. The van der Waals surface area contributed by atoms with Crippen LogP contribution in [0.4, 0.5) is 0 Å². The molecule has 0 aliphatic heterocycles. The lowest BCUT2D eigenvalue weighted by molar-refractivity contribution is -0.137. The van der Waals surface area contributed by atoms with E-state index < -0.39 is 18.5 Å². The first-order valence-corrected chi connectivity index (χ1v) is 9.78. The average Bonchev–Trinajstić information content (AvgIpc) is 3.09. The molecule has 0 saturated heterocycles. The minimum absolute atomic E-state index is 0.0960. The van der Waals surface area contributed by atoms with Crippen LogP contribution in [0.3, 0.4) is 0 Å². The van der Waals surface area contributed by atoms with Gasteiger partial charge in [0.05, 0.1) is 17.6 Å². The maximum Gasteiger partial charge on any atom is 0.339 e. The second kappa shape index (κ2) is 8.19. The third-order valence-electron chi connectivity index (χ3n) is 4.77. The molecule has 1 aliphatic carbocycles. The van der Waals surface area contributed by atoms with Crippen LogP contribution in [0.2, 0.25) is 0 Å². The van der Waals surface area contributed by atoms with Crippen molar-refractivity contribution in [2.75, 3.05) is 20.2 Å². The van der Waals surface area contributed by atoms with Crippen LogP contribution in [0.1, 0.15) is 48.8 Å². The van der Waals surface area contributed by atoms with E-state index in [4.69, 9.17) is 4.74 Å². The van der Waals surface area contributed by atoms with E-state index in [1.165, 1.54) is 11.9 Å². The largest absolute Gasteiger partial charge is 0.452 e. The zero-order chi connectivity index (χ0) is 21.2. The number of nitrogens with one attached hydrogen (secondary N) is 1. The summed E-state index contributed by atoms with van der Waals surface area (Å²) in [6.45, 7) is 5.09. The van der Waals surface area contributed by atoms with Gasteiger partial charge in [0.15, 0.2) is 6.61 Å². The predicted octanol–water partition coefficient (Wildman–Crippen LogP) is 2.25. The zero-order valence-corrected chi connectivity index (χ0v) is 17.4. The van der Waals surface area contributed by atoms with Gasteiger partial charge in [0.25, 0.3) is 5.91 Å². The molecule has 0 radical (unpaired) electrons.